The zero-order valence-corrected chi connectivity index (χ0v) is 9.65. The number of aliphatic hydroxyl groups excluding tert-OH is 3. The number of hydrogen-bond donors (Lipinski definition) is 3. The monoisotopic (exact) mass is 220 g/mol. The van der Waals surface area contributed by atoms with Crippen molar-refractivity contribution in [2.45, 2.75) is 26.9 Å². The summed E-state index contributed by atoms with van der Waals surface area (Å²) in [5, 5.41) is 24.0. The number of aliphatic hydroxyl groups is 3. The van der Waals surface area contributed by atoms with E-state index in [0.717, 1.165) is 5.57 Å². The van der Waals surface area contributed by atoms with E-state index < -0.39 is 6.10 Å². The predicted molar refractivity (Wildman–Crippen MR) is 56.2 cm³/mol. The molecule has 5 nitrogen and oxygen atoms in total. The first-order valence-corrected chi connectivity index (χ1v) is 4.52. The summed E-state index contributed by atoms with van der Waals surface area (Å²) in [5.41, 5.74) is 1.69. The van der Waals surface area contributed by atoms with Gasteiger partial charge in [0.1, 0.15) is 6.10 Å². The van der Waals surface area contributed by atoms with Gasteiger partial charge in [-0.15, -0.1) is 0 Å². The summed E-state index contributed by atoms with van der Waals surface area (Å²) in [6, 6.07) is 0. The fraction of sp³-hybridized carbons (Fsp3) is 0.700. The van der Waals surface area contributed by atoms with Gasteiger partial charge in [0.15, 0.2) is 0 Å². The van der Waals surface area contributed by atoms with Gasteiger partial charge in [0.25, 0.3) is 0 Å². The van der Waals surface area contributed by atoms with E-state index in [2.05, 4.69) is 4.74 Å². The van der Waals surface area contributed by atoms with Crippen LogP contribution in [0.3, 0.4) is 0 Å². The molecule has 0 aliphatic carbocycles. The summed E-state index contributed by atoms with van der Waals surface area (Å²) in [6.07, 6.45) is -0.954. The minimum absolute atomic E-state index is 0.241. The standard InChI is InChI=1S/C7H12O2.C3H8O3/c1-5(2)6(3)7(8)9-4;4-1-3(6)2-5/h1-4H3;3-6H,1-2H2. The summed E-state index contributed by atoms with van der Waals surface area (Å²) >= 11 is 0. The third-order valence-corrected chi connectivity index (χ3v) is 1.66. The molecule has 90 valence electrons. The maximum absolute atomic E-state index is 10.7. The number of carbonyl (C=O) groups is 1. The van der Waals surface area contributed by atoms with Crippen molar-refractivity contribution in [2.24, 2.45) is 0 Å². The zero-order valence-electron chi connectivity index (χ0n) is 9.65. The Hall–Kier alpha value is -0.910. The molecule has 0 fully saturated rings. The molecule has 0 atom stereocenters. The smallest absolute Gasteiger partial charge is 0.333 e. The van der Waals surface area contributed by atoms with Crippen molar-refractivity contribution in [3.05, 3.63) is 11.1 Å². The van der Waals surface area contributed by atoms with Crippen LogP contribution in [-0.4, -0.2) is 47.7 Å². The lowest BCUT2D eigenvalue weighted by Gasteiger charge is -1.98. The van der Waals surface area contributed by atoms with Crippen LogP contribution in [0.25, 0.3) is 0 Å². The molecule has 5 heteroatoms. The molecule has 0 heterocycles. The van der Waals surface area contributed by atoms with Gasteiger partial charge in [-0.1, -0.05) is 5.57 Å². The number of rotatable bonds is 3. The quantitative estimate of drug-likeness (QED) is 0.455. The molecule has 0 bridgehead atoms. The van der Waals surface area contributed by atoms with Crippen LogP contribution in [0.1, 0.15) is 20.8 Å². The maximum atomic E-state index is 10.7. The average molecular weight is 220 g/mol. The van der Waals surface area contributed by atoms with E-state index in [-0.39, 0.29) is 19.2 Å². The van der Waals surface area contributed by atoms with Crippen LogP contribution in [0.5, 0.6) is 0 Å². The Morgan fingerprint density at radius 3 is 1.67 bits per heavy atom. The molecule has 0 rings (SSSR count). The lowest BCUT2D eigenvalue weighted by Crippen LogP contribution is -2.15. The van der Waals surface area contributed by atoms with E-state index in [9.17, 15) is 4.79 Å². The van der Waals surface area contributed by atoms with E-state index in [1.165, 1.54) is 7.11 Å². The number of ether oxygens (including phenoxy) is 1. The molecule has 0 radical (unpaired) electrons. The highest BCUT2D eigenvalue weighted by atomic mass is 16.5. The Kier molecular flexibility index (Phi) is 10.6. The summed E-state index contributed by atoms with van der Waals surface area (Å²) in [7, 11) is 1.38. The van der Waals surface area contributed by atoms with Crippen LogP contribution < -0.4 is 0 Å². The predicted octanol–water partition coefficient (Wildman–Crippen LogP) is -0.152. The third kappa shape index (κ3) is 9.40. The lowest BCUT2D eigenvalue weighted by molar-refractivity contribution is -0.136. The molecule has 0 aliphatic heterocycles. The second-order valence-corrected chi connectivity index (χ2v) is 3.14. The molecular formula is C10H20O5. The van der Waals surface area contributed by atoms with Gasteiger partial charge in [0.2, 0.25) is 0 Å². The number of hydrogen-bond acceptors (Lipinski definition) is 5. The fourth-order valence-corrected chi connectivity index (χ4v) is 0.415. The Morgan fingerprint density at radius 2 is 1.60 bits per heavy atom. The van der Waals surface area contributed by atoms with Crippen molar-refractivity contribution in [1.82, 2.24) is 0 Å². The molecule has 0 saturated carbocycles. The maximum Gasteiger partial charge on any atom is 0.333 e. The van der Waals surface area contributed by atoms with Gasteiger partial charge in [0, 0.05) is 5.57 Å². The SMILES string of the molecule is COC(=O)C(C)=C(C)C.OCC(O)CO. The van der Waals surface area contributed by atoms with Gasteiger partial charge >= 0.3 is 5.97 Å². The first-order valence-electron chi connectivity index (χ1n) is 4.52. The highest BCUT2D eigenvalue weighted by Gasteiger charge is 2.02. The molecule has 0 aromatic rings. The van der Waals surface area contributed by atoms with Gasteiger partial charge < -0.3 is 20.1 Å². The average Bonchev–Trinajstić information content (AvgIpc) is 2.26. The van der Waals surface area contributed by atoms with Crippen molar-refractivity contribution in [1.29, 1.82) is 0 Å². The summed E-state index contributed by atoms with van der Waals surface area (Å²) in [6.45, 7) is 4.78. The van der Waals surface area contributed by atoms with Crippen LogP contribution in [-0.2, 0) is 9.53 Å². The second kappa shape index (κ2) is 9.64. The summed E-state index contributed by atoms with van der Waals surface area (Å²) in [4.78, 5) is 10.7. The van der Waals surface area contributed by atoms with E-state index in [0.29, 0.717) is 5.57 Å². The largest absolute Gasteiger partial charge is 0.466 e. The fourth-order valence-electron chi connectivity index (χ4n) is 0.415. The first kappa shape index (κ1) is 16.5. The molecule has 0 aromatic heterocycles. The van der Waals surface area contributed by atoms with Gasteiger partial charge in [0.05, 0.1) is 20.3 Å². The number of methoxy groups -OCH3 is 1. The number of allylic oxidation sites excluding steroid dienone is 1. The summed E-state index contributed by atoms with van der Waals surface area (Å²) < 4.78 is 4.48. The van der Waals surface area contributed by atoms with Crippen molar-refractivity contribution < 1.29 is 24.9 Å². The molecule has 0 saturated heterocycles. The molecule has 3 N–H and O–H groups in total. The lowest BCUT2D eigenvalue weighted by atomic mass is 10.2. The molecule has 0 aliphatic rings. The second-order valence-electron chi connectivity index (χ2n) is 3.14. The topological polar surface area (TPSA) is 87.0 Å². The van der Waals surface area contributed by atoms with E-state index >= 15 is 0 Å². The van der Waals surface area contributed by atoms with Gasteiger partial charge in [-0.25, -0.2) is 4.79 Å². The third-order valence-electron chi connectivity index (χ3n) is 1.66. The van der Waals surface area contributed by atoms with Crippen molar-refractivity contribution in [2.75, 3.05) is 20.3 Å². The van der Waals surface area contributed by atoms with Gasteiger partial charge in [-0.05, 0) is 20.8 Å². The first-order chi connectivity index (χ1) is 6.90. The Morgan fingerprint density at radius 1 is 1.20 bits per heavy atom. The molecule has 0 spiro atoms. The minimum Gasteiger partial charge on any atom is -0.466 e. The Bertz CT molecular complexity index is 202. The van der Waals surface area contributed by atoms with Gasteiger partial charge in [-0.2, -0.15) is 0 Å². The van der Waals surface area contributed by atoms with E-state index in [1.807, 2.05) is 13.8 Å². The molecule has 0 aromatic carbocycles. The normalized spacial score (nSPS) is 9.07. The van der Waals surface area contributed by atoms with Crippen molar-refractivity contribution >= 4 is 5.97 Å². The molecular weight excluding hydrogens is 200 g/mol. The Labute approximate surface area is 90.0 Å². The van der Waals surface area contributed by atoms with Crippen LogP contribution in [0, 0.1) is 0 Å². The highest BCUT2D eigenvalue weighted by Crippen LogP contribution is 2.02. The van der Waals surface area contributed by atoms with Crippen molar-refractivity contribution in [3.63, 3.8) is 0 Å². The Balaban J connectivity index is 0. The van der Waals surface area contributed by atoms with Crippen LogP contribution in [0.15, 0.2) is 11.1 Å². The minimum atomic E-state index is -0.954. The molecule has 0 amide bonds. The van der Waals surface area contributed by atoms with Crippen LogP contribution in [0.2, 0.25) is 0 Å². The van der Waals surface area contributed by atoms with Crippen LogP contribution >= 0.6 is 0 Å². The van der Waals surface area contributed by atoms with E-state index in [4.69, 9.17) is 15.3 Å². The number of esters is 1. The summed E-state index contributed by atoms with van der Waals surface area (Å²) in [5.74, 6) is -0.241. The van der Waals surface area contributed by atoms with Crippen molar-refractivity contribution in [3.8, 4) is 0 Å². The van der Waals surface area contributed by atoms with E-state index in [1.54, 1.807) is 6.92 Å². The molecule has 0 unspecified atom stereocenters. The number of carbonyl (C=O) groups excluding carboxylic acids is 1. The van der Waals surface area contributed by atoms with Crippen LogP contribution in [0.4, 0.5) is 0 Å². The highest BCUT2D eigenvalue weighted by molar-refractivity contribution is 5.88. The molecule has 15 heavy (non-hydrogen) atoms. The van der Waals surface area contributed by atoms with Gasteiger partial charge in [-0.3, -0.25) is 0 Å². The zero-order chi connectivity index (χ0) is 12.4.